The number of carbonyl (C=O) groups is 1. The van der Waals surface area contributed by atoms with Crippen molar-refractivity contribution in [2.45, 2.75) is 38.5 Å². The quantitative estimate of drug-likeness (QED) is 0.238. The molecule has 0 unspecified atom stereocenters. The van der Waals surface area contributed by atoms with Gasteiger partial charge in [0.15, 0.2) is 12.6 Å². The number of hydrogen-bond donors (Lipinski definition) is 3. The Balaban J connectivity index is 0.00000420. The van der Waals surface area contributed by atoms with Gasteiger partial charge in [0.05, 0.1) is 0 Å². The normalized spacial score (nSPS) is 15.4. The lowest BCUT2D eigenvalue weighted by Crippen LogP contribution is -2.43. The molecule has 1 aliphatic carbocycles. The molecule has 8 heteroatoms. The van der Waals surface area contributed by atoms with E-state index in [-0.39, 0.29) is 30.6 Å². The van der Waals surface area contributed by atoms with Crippen LogP contribution in [-0.4, -0.2) is 52.3 Å². The molecule has 164 valence electrons. The monoisotopic (exact) mass is 518 g/mol. The SMILES string of the molecule is CN=C(NCCc1ccc(OCC(N)=O)cc1)NCC1(CCOC)CCCC1.I. The van der Waals surface area contributed by atoms with Crippen molar-refractivity contribution in [3.05, 3.63) is 29.8 Å². The molecule has 1 aliphatic rings. The van der Waals surface area contributed by atoms with E-state index in [0.717, 1.165) is 38.5 Å². The molecule has 1 aromatic rings. The lowest BCUT2D eigenvalue weighted by Gasteiger charge is -2.30. The van der Waals surface area contributed by atoms with Gasteiger partial charge in [0.2, 0.25) is 0 Å². The Labute approximate surface area is 191 Å². The second kappa shape index (κ2) is 13.6. The van der Waals surface area contributed by atoms with Crippen molar-refractivity contribution in [1.29, 1.82) is 0 Å². The number of rotatable bonds is 11. The zero-order valence-corrected chi connectivity index (χ0v) is 19.9. The molecule has 0 spiro atoms. The maximum Gasteiger partial charge on any atom is 0.255 e. The molecule has 0 heterocycles. The van der Waals surface area contributed by atoms with Crippen LogP contribution < -0.4 is 21.1 Å². The van der Waals surface area contributed by atoms with Crippen molar-refractivity contribution >= 4 is 35.8 Å². The molecular formula is C21H35IN4O3. The Kier molecular flexibility index (Phi) is 12.0. The van der Waals surface area contributed by atoms with Crippen LogP contribution in [0.1, 0.15) is 37.7 Å². The summed E-state index contributed by atoms with van der Waals surface area (Å²) in [7, 11) is 3.57. The molecule has 1 aromatic carbocycles. The molecule has 1 saturated carbocycles. The highest BCUT2D eigenvalue weighted by Gasteiger charge is 2.33. The first kappa shape index (κ1) is 25.5. The average Bonchev–Trinajstić information content (AvgIpc) is 3.17. The fourth-order valence-electron chi connectivity index (χ4n) is 3.68. The lowest BCUT2D eigenvalue weighted by molar-refractivity contribution is -0.119. The van der Waals surface area contributed by atoms with Crippen molar-refractivity contribution in [2.24, 2.45) is 16.1 Å². The van der Waals surface area contributed by atoms with Crippen molar-refractivity contribution in [3.63, 3.8) is 0 Å². The molecule has 1 fully saturated rings. The first-order valence-corrected chi connectivity index (χ1v) is 10.0. The first-order valence-electron chi connectivity index (χ1n) is 10.0. The Morgan fingerprint density at radius 1 is 1.21 bits per heavy atom. The highest BCUT2D eigenvalue weighted by atomic mass is 127. The second-order valence-electron chi connectivity index (χ2n) is 7.45. The molecule has 0 bridgehead atoms. The van der Waals surface area contributed by atoms with Gasteiger partial charge in [0.1, 0.15) is 5.75 Å². The topological polar surface area (TPSA) is 98.0 Å². The van der Waals surface area contributed by atoms with Crippen LogP contribution in [0.5, 0.6) is 5.75 Å². The van der Waals surface area contributed by atoms with Crippen LogP contribution in [0.4, 0.5) is 0 Å². The predicted octanol–water partition coefficient (Wildman–Crippen LogP) is 2.47. The van der Waals surface area contributed by atoms with Gasteiger partial charge in [-0.1, -0.05) is 25.0 Å². The van der Waals surface area contributed by atoms with E-state index in [0.29, 0.717) is 11.2 Å². The van der Waals surface area contributed by atoms with Gasteiger partial charge in [0.25, 0.3) is 5.91 Å². The fourth-order valence-corrected chi connectivity index (χ4v) is 3.68. The molecule has 2 rings (SSSR count). The summed E-state index contributed by atoms with van der Waals surface area (Å²) in [4.78, 5) is 15.1. The molecule has 0 aliphatic heterocycles. The summed E-state index contributed by atoms with van der Waals surface area (Å²) in [5.74, 6) is 1.00. The molecule has 0 aromatic heterocycles. The number of hydrogen-bond acceptors (Lipinski definition) is 4. The number of halogens is 1. The molecule has 1 amide bonds. The summed E-state index contributed by atoms with van der Waals surface area (Å²) in [5, 5.41) is 6.89. The lowest BCUT2D eigenvalue weighted by atomic mass is 9.83. The van der Waals surface area contributed by atoms with Gasteiger partial charge in [0, 0.05) is 33.9 Å². The fraction of sp³-hybridized carbons (Fsp3) is 0.619. The molecule has 0 atom stereocenters. The summed E-state index contributed by atoms with van der Waals surface area (Å²) < 4.78 is 10.6. The Hall–Kier alpha value is -1.55. The number of carbonyl (C=O) groups excluding carboxylic acids is 1. The summed E-state index contributed by atoms with van der Waals surface area (Å²) in [5.41, 5.74) is 6.59. The third-order valence-corrected chi connectivity index (χ3v) is 5.37. The van der Waals surface area contributed by atoms with E-state index in [1.807, 2.05) is 24.3 Å². The average molecular weight is 518 g/mol. The largest absolute Gasteiger partial charge is 0.484 e. The van der Waals surface area contributed by atoms with Gasteiger partial charge in [-0.25, -0.2) is 0 Å². The maximum absolute atomic E-state index is 10.7. The highest BCUT2D eigenvalue weighted by Crippen LogP contribution is 2.40. The van der Waals surface area contributed by atoms with E-state index < -0.39 is 5.91 Å². The Bertz CT molecular complexity index is 631. The Morgan fingerprint density at radius 2 is 1.90 bits per heavy atom. The van der Waals surface area contributed by atoms with E-state index in [2.05, 4.69) is 15.6 Å². The number of methoxy groups -OCH3 is 1. The summed E-state index contributed by atoms with van der Waals surface area (Å²) in [6.45, 7) is 2.43. The minimum absolute atomic E-state index is 0. The zero-order valence-electron chi connectivity index (χ0n) is 17.5. The van der Waals surface area contributed by atoms with Crippen LogP contribution in [0.15, 0.2) is 29.3 Å². The number of benzene rings is 1. The summed E-state index contributed by atoms with van der Waals surface area (Å²) in [6, 6.07) is 7.69. The van der Waals surface area contributed by atoms with E-state index in [4.69, 9.17) is 15.2 Å². The summed E-state index contributed by atoms with van der Waals surface area (Å²) in [6.07, 6.45) is 7.07. The van der Waals surface area contributed by atoms with Crippen LogP contribution in [0.3, 0.4) is 0 Å². The van der Waals surface area contributed by atoms with E-state index in [9.17, 15) is 4.79 Å². The minimum atomic E-state index is -0.478. The van der Waals surface area contributed by atoms with E-state index >= 15 is 0 Å². The van der Waals surface area contributed by atoms with Crippen LogP contribution in [0.25, 0.3) is 0 Å². The number of amides is 1. The number of nitrogens with zero attached hydrogens (tertiary/aromatic N) is 1. The minimum Gasteiger partial charge on any atom is -0.484 e. The first-order chi connectivity index (χ1) is 13.6. The van der Waals surface area contributed by atoms with Gasteiger partial charge < -0.3 is 25.8 Å². The molecule has 0 radical (unpaired) electrons. The van der Waals surface area contributed by atoms with Crippen LogP contribution in [0, 0.1) is 5.41 Å². The number of primary amides is 1. The van der Waals surface area contributed by atoms with Gasteiger partial charge in [-0.2, -0.15) is 0 Å². The highest BCUT2D eigenvalue weighted by molar-refractivity contribution is 14.0. The number of nitrogens with two attached hydrogens (primary N) is 1. The predicted molar refractivity (Wildman–Crippen MR) is 127 cm³/mol. The second-order valence-corrected chi connectivity index (χ2v) is 7.45. The smallest absolute Gasteiger partial charge is 0.255 e. The van der Waals surface area contributed by atoms with Gasteiger partial charge >= 0.3 is 0 Å². The number of ether oxygens (including phenoxy) is 2. The van der Waals surface area contributed by atoms with Crippen molar-refractivity contribution in [2.75, 3.05) is 40.5 Å². The molecule has 7 nitrogen and oxygen atoms in total. The van der Waals surface area contributed by atoms with Gasteiger partial charge in [-0.15, -0.1) is 24.0 Å². The van der Waals surface area contributed by atoms with Gasteiger partial charge in [-0.05, 0) is 48.8 Å². The standard InChI is InChI=1S/C21H34N4O3.HI/c1-23-20(25-16-21(12-14-27-2)10-3-4-11-21)24-13-9-17-5-7-18(8-6-17)28-15-19(22)26;/h5-8H,3-4,9-16H2,1-2H3,(H2,22,26)(H2,23,24,25);1H. The molecule has 4 N–H and O–H groups in total. The zero-order chi connectivity index (χ0) is 20.2. The van der Waals surface area contributed by atoms with E-state index in [1.165, 1.54) is 31.2 Å². The number of nitrogens with one attached hydrogen (secondary N) is 2. The third-order valence-electron chi connectivity index (χ3n) is 5.37. The van der Waals surface area contributed by atoms with Crippen molar-refractivity contribution < 1.29 is 14.3 Å². The number of guanidine groups is 1. The maximum atomic E-state index is 10.7. The third kappa shape index (κ3) is 9.20. The molecule has 29 heavy (non-hydrogen) atoms. The summed E-state index contributed by atoms with van der Waals surface area (Å²) >= 11 is 0. The molecule has 0 saturated heterocycles. The molecular weight excluding hydrogens is 483 g/mol. The Morgan fingerprint density at radius 3 is 2.48 bits per heavy atom. The van der Waals surface area contributed by atoms with Crippen molar-refractivity contribution in [1.82, 2.24) is 10.6 Å². The van der Waals surface area contributed by atoms with Crippen LogP contribution >= 0.6 is 24.0 Å². The van der Waals surface area contributed by atoms with Crippen LogP contribution in [0.2, 0.25) is 0 Å². The van der Waals surface area contributed by atoms with Crippen LogP contribution in [-0.2, 0) is 16.0 Å². The number of aliphatic imine (C=N–C) groups is 1. The van der Waals surface area contributed by atoms with Gasteiger partial charge in [-0.3, -0.25) is 9.79 Å². The van der Waals surface area contributed by atoms with Crippen molar-refractivity contribution in [3.8, 4) is 5.75 Å². The van der Waals surface area contributed by atoms with E-state index in [1.54, 1.807) is 14.2 Å².